The van der Waals surface area contributed by atoms with Crippen LogP contribution in [0.15, 0.2) is 40.5 Å². The summed E-state index contributed by atoms with van der Waals surface area (Å²) in [6, 6.07) is 3.51. The van der Waals surface area contributed by atoms with Gasteiger partial charge in [-0.05, 0) is 50.8 Å². The van der Waals surface area contributed by atoms with Gasteiger partial charge in [0, 0.05) is 23.1 Å². The molecule has 1 saturated carbocycles. The lowest BCUT2D eigenvalue weighted by Crippen LogP contribution is -2.27. The maximum Gasteiger partial charge on any atom is 0.295 e. The lowest BCUT2D eigenvalue weighted by molar-refractivity contribution is 0.452. The molecule has 11 nitrogen and oxygen atoms in total. The average molecular weight is 478 g/mol. The van der Waals surface area contributed by atoms with Crippen LogP contribution in [0.1, 0.15) is 50.0 Å². The summed E-state index contributed by atoms with van der Waals surface area (Å²) in [6.45, 7) is 4.12. The van der Waals surface area contributed by atoms with E-state index in [1.165, 1.54) is 6.33 Å². The predicted molar refractivity (Wildman–Crippen MR) is 128 cm³/mol. The zero-order valence-corrected chi connectivity index (χ0v) is 19.5. The summed E-state index contributed by atoms with van der Waals surface area (Å²) in [5.41, 5.74) is 2.39. The molecule has 34 heavy (non-hydrogen) atoms. The van der Waals surface area contributed by atoms with Crippen LogP contribution in [0.4, 0.5) is 5.82 Å². The fraction of sp³-hybridized carbons (Fsp3) is 0.318. The predicted octanol–water partition coefficient (Wildman–Crippen LogP) is 2.78. The highest BCUT2D eigenvalue weighted by Gasteiger charge is 2.31. The van der Waals surface area contributed by atoms with Gasteiger partial charge in [0.2, 0.25) is 5.88 Å². The van der Waals surface area contributed by atoms with E-state index in [0.29, 0.717) is 23.3 Å². The summed E-state index contributed by atoms with van der Waals surface area (Å²) < 4.78 is 1.56. The third-order valence-corrected chi connectivity index (χ3v) is 6.08. The smallest absolute Gasteiger partial charge is 0.295 e. The largest absolute Gasteiger partial charge is 0.493 e. The van der Waals surface area contributed by atoms with Crippen molar-refractivity contribution in [2.45, 2.75) is 50.1 Å². The molecule has 5 rings (SSSR count). The van der Waals surface area contributed by atoms with E-state index in [2.05, 4.69) is 35.2 Å². The minimum Gasteiger partial charge on any atom is -0.493 e. The van der Waals surface area contributed by atoms with Crippen molar-refractivity contribution in [1.29, 1.82) is 0 Å². The molecule has 0 aromatic carbocycles. The molecule has 4 aromatic rings. The maximum absolute atomic E-state index is 13.3. The molecule has 4 N–H and O–H groups in total. The van der Waals surface area contributed by atoms with Gasteiger partial charge in [0.15, 0.2) is 17.3 Å². The van der Waals surface area contributed by atoms with Gasteiger partial charge in [0.1, 0.15) is 17.4 Å². The number of hydrogen-bond donors (Lipinski definition) is 3. The standard InChI is InChI=1S/C22H23N9O2S/c1-11(2)31-20-15(29-19(22(31)33)25-7-13-5-6-14(34-23)8-24-13)9-26-18(30-20)16-17(12-3-4-12)27-10-28-21(16)32/h5-6,8-12H,3-4,7,23H2,1-2H3,(H,25,29)(H,27,28,32). The number of nitrogens with two attached hydrogens (primary N) is 1. The Labute approximate surface area is 199 Å². The number of aromatic nitrogens is 7. The summed E-state index contributed by atoms with van der Waals surface area (Å²) in [4.78, 5) is 40.3. The minimum atomic E-state index is -0.308. The summed E-state index contributed by atoms with van der Waals surface area (Å²) in [6.07, 6.45) is 6.56. The lowest BCUT2D eigenvalue weighted by Gasteiger charge is -2.16. The zero-order chi connectivity index (χ0) is 23.8. The van der Waals surface area contributed by atoms with Crippen LogP contribution in [0.2, 0.25) is 0 Å². The first-order chi connectivity index (χ1) is 16.5. The van der Waals surface area contributed by atoms with Gasteiger partial charge >= 0.3 is 0 Å². The second kappa shape index (κ2) is 8.95. The topological polar surface area (TPSA) is 158 Å². The van der Waals surface area contributed by atoms with Crippen LogP contribution in [0, 0.1) is 0 Å². The van der Waals surface area contributed by atoms with Crippen molar-refractivity contribution in [1.82, 2.24) is 34.5 Å². The quantitative estimate of drug-likeness (QED) is 0.336. The van der Waals surface area contributed by atoms with E-state index in [1.54, 1.807) is 17.0 Å². The molecule has 4 aromatic heterocycles. The first-order valence-electron chi connectivity index (χ1n) is 10.8. The van der Waals surface area contributed by atoms with Gasteiger partial charge in [0.05, 0.1) is 24.1 Å². The molecule has 0 bridgehead atoms. The van der Waals surface area contributed by atoms with Gasteiger partial charge < -0.3 is 10.4 Å². The normalized spacial score (nSPS) is 13.5. The third kappa shape index (κ3) is 4.17. The molecule has 0 amide bonds. The second-order valence-electron chi connectivity index (χ2n) is 8.32. The Morgan fingerprint density at radius 2 is 2.00 bits per heavy atom. The van der Waals surface area contributed by atoms with Crippen molar-refractivity contribution in [3.05, 3.63) is 52.6 Å². The summed E-state index contributed by atoms with van der Waals surface area (Å²) in [5, 5.41) is 19.1. The van der Waals surface area contributed by atoms with Gasteiger partial charge in [-0.15, -0.1) is 0 Å². The Balaban J connectivity index is 1.56. The van der Waals surface area contributed by atoms with E-state index in [1.807, 2.05) is 26.0 Å². The molecule has 12 heteroatoms. The van der Waals surface area contributed by atoms with Gasteiger partial charge in [0.25, 0.3) is 5.56 Å². The summed E-state index contributed by atoms with van der Waals surface area (Å²) in [5.74, 6) is 0.533. The number of nitrogens with zero attached hydrogens (tertiary/aromatic N) is 7. The van der Waals surface area contributed by atoms with Crippen molar-refractivity contribution in [2.75, 3.05) is 5.32 Å². The van der Waals surface area contributed by atoms with E-state index < -0.39 is 0 Å². The fourth-order valence-electron chi connectivity index (χ4n) is 3.75. The van der Waals surface area contributed by atoms with Crippen molar-refractivity contribution in [3.63, 3.8) is 0 Å². The highest BCUT2D eigenvalue weighted by atomic mass is 32.2. The highest BCUT2D eigenvalue weighted by molar-refractivity contribution is 7.97. The number of anilines is 1. The van der Waals surface area contributed by atoms with Crippen LogP contribution in [0.3, 0.4) is 0 Å². The van der Waals surface area contributed by atoms with Crippen LogP contribution in [0.5, 0.6) is 5.88 Å². The number of fused-ring (bicyclic) bond motifs is 1. The van der Waals surface area contributed by atoms with Gasteiger partial charge in [-0.1, -0.05) is 0 Å². The fourth-order valence-corrected chi connectivity index (χ4v) is 4.01. The van der Waals surface area contributed by atoms with Crippen LogP contribution in [0.25, 0.3) is 22.6 Å². The highest BCUT2D eigenvalue weighted by Crippen LogP contribution is 2.44. The Morgan fingerprint density at radius 1 is 1.18 bits per heavy atom. The van der Waals surface area contributed by atoms with E-state index in [-0.39, 0.29) is 35.0 Å². The van der Waals surface area contributed by atoms with Crippen molar-refractivity contribution in [2.24, 2.45) is 5.14 Å². The Bertz CT molecular complexity index is 1420. The Hall–Kier alpha value is -3.64. The molecular weight excluding hydrogens is 454 g/mol. The Kier molecular flexibility index (Phi) is 5.84. The number of hydrogen-bond acceptors (Lipinski definition) is 11. The Morgan fingerprint density at radius 3 is 2.68 bits per heavy atom. The molecule has 0 spiro atoms. The molecule has 1 aliphatic carbocycles. The number of pyridine rings is 1. The third-order valence-electron chi connectivity index (χ3n) is 5.56. The molecule has 0 unspecified atom stereocenters. The SMILES string of the molecule is CC(C)n1c(=O)c(NCc2ccc(SN)cn2)nc2cnc(-c3c(O)ncnc3C3CC3)nc21. The number of rotatable bonds is 7. The molecule has 1 aliphatic rings. The molecule has 0 aliphatic heterocycles. The first-order valence-corrected chi connectivity index (χ1v) is 11.7. The van der Waals surface area contributed by atoms with Crippen LogP contribution < -0.4 is 16.0 Å². The molecule has 0 atom stereocenters. The van der Waals surface area contributed by atoms with Gasteiger partial charge in [-0.2, -0.15) is 0 Å². The van der Waals surface area contributed by atoms with Crippen molar-refractivity contribution < 1.29 is 5.11 Å². The van der Waals surface area contributed by atoms with E-state index in [0.717, 1.165) is 41.1 Å². The molecule has 0 radical (unpaired) electrons. The maximum atomic E-state index is 13.3. The number of aromatic hydroxyl groups is 1. The molecule has 0 saturated heterocycles. The minimum absolute atomic E-state index is 0.174. The van der Waals surface area contributed by atoms with E-state index >= 15 is 0 Å². The van der Waals surface area contributed by atoms with Crippen molar-refractivity contribution in [3.8, 4) is 17.3 Å². The zero-order valence-electron chi connectivity index (χ0n) is 18.6. The summed E-state index contributed by atoms with van der Waals surface area (Å²) in [7, 11) is 0. The first kappa shape index (κ1) is 22.2. The second-order valence-corrected chi connectivity index (χ2v) is 9.03. The van der Waals surface area contributed by atoms with E-state index in [4.69, 9.17) is 5.14 Å². The molecule has 4 heterocycles. The molecule has 174 valence electrons. The van der Waals surface area contributed by atoms with E-state index in [9.17, 15) is 9.90 Å². The summed E-state index contributed by atoms with van der Waals surface area (Å²) >= 11 is 1.12. The van der Waals surface area contributed by atoms with Crippen LogP contribution in [-0.2, 0) is 6.54 Å². The van der Waals surface area contributed by atoms with Crippen LogP contribution >= 0.6 is 11.9 Å². The van der Waals surface area contributed by atoms with Crippen LogP contribution in [-0.4, -0.2) is 39.6 Å². The molecular formula is C22H23N9O2S. The molecule has 1 fully saturated rings. The lowest BCUT2D eigenvalue weighted by atomic mass is 10.1. The van der Waals surface area contributed by atoms with Crippen molar-refractivity contribution >= 4 is 28.9 Å². The van der Waals surface area contributed by atoms with Gasteiger partial charge in [-0.3, -0.25) is 19.5 Å². The van der Waals surface area contributed by atoms with Gasteiger partial charge in [-0.25, -0.2) is 24.9 Å². The number of nitrogens with one attached hydrogen (secondary N) is 1. The average Bonchev–Trinajstić information content (AvgIpc) is 3.68. The monoisotopic (exact) mass is 477 g/mol.